The average molecular weight is 375 g/mol. The van der Waals surface area contributed by atoms with Gasteiger partial charge in [-0.1, -0.05) is 19.8 Å². The number of nitrogens with zero attached hydrogens (tertiary/aromatic N) is 3. The predicted molar refractivity (Wildman–Crippen MR) is 111 cm³/mol. The van der Waals surface area contributed by atoms with Crippen LogP contribution < -0.4 is 15.1 Å². The van der Waals surface area contributed by atoms with E-state index in [1.807, 2.05) is 12.1 Å². The molecule has 6 nitrogen and oxygen atoms in total. The first-order valence-corrected chi connectivity index (χ1v) is 10.1. The second-order valence-corrected chi connectivity index (χ2v) is 7.28. The SMILES string of the molecule is CCCCCNC(=O)CCN(C(C)=O)c1ccc(N2CCN(C)CC2)cc1. The summed E-state index contributed by atoms with van der Waals surface area (Å²) in [6.45, 7) is 8.97. The zero-order valence-electron chi connectivity index (χ0n) is 17.0. The molecule has 1 aliphatic heterocycles. The molecule has 0 aromatic heterocycles. The minimum Gasteiger partial charge on any atom is -0.369 e. The molecule has 0 bridgehead atoms. The van der Waals surface area contributed by atoms with E-state index in [4.69, 9.17) is 0 Å². The van der Waals surface area contributed by atoms with Crippen molar-refractivity contribution in [2.24, 2.45) is 0 Å². The lowest BCUT2D eigenvalue weighted by Crippen LogP contribution is -2.44. The smallest absolute Gasteiger partial charge is 0.223 e. The molecule has 1 aromatic rings. The lowest BCUT2D eigenvalue weighted by Gasteiger charge is -2.34. The van der Waals surface area contributed by atoms with Crippen LogP contribution in [0.15, 0.2) is 24.3 Å². The number of hydrogen-bond donors (Lipinski definition) is 1. The van der Waals surface area contributed by atoms with E-state index in [1.165, 1.54) is 5.69 Å². The third kappa shape index (κ3) is 6.86. The third-order valence-corrected chi connectivity index (χ3v) is 5.07. The Balaban J connectivity index is 1.88. The van der Waals surface area contributed by atoms with Crippen molar-refractivity contribution in [2.45, 2.75) is 39.5 Å². The number of rotatable bonds is 9. The number of nitrogens with one attached hydrogen (secondary N) is 1. The summed E-state index contributed by atoms with van der Waals surface area (Å²) in [7, 11) is 2.14. The van der Waals surface area contributed by atoms with Gasteiger partial charge in [0, 0.05) is 64.0 Å². The summed E-state index contributed by atoms with van der Waals surface area (Å²) in [6.07, 6.45) is 3.59. The van der Waals surface area contributed by atoms with Crippen molar-refractivity contribution in [3.05, 3.63) is 24.3 Å². The molecule has 0 radical (unpaired) electrons. The highest BCUT2D eigenvalue weighted by Crippen LogP contribution is 2.22. The monoisotopic (exact) mass is 374 g/mol. The quantitative estimate of drug-likeness (QED) is 0.675. The summed E-state index contributed by atoms with van der Waals surface area (Å²) in [4.78, 5) is 30.4. The van der Waals surface area contributed by atoms with Crippen molar-refractivity contribution in [2.75, 3.05) is 56.1 Å². The number of carbonyl (C=O) groups is 2. The van der Waals surface area contributed by atoms with E-state index in [-0.39, 0.29) is 11.8 Å². The summed E-state index contributed by atoms with van der Waals surface area (Å²) >= 11 is 0. The van der Waals surface area contributed by atoms with Gasteiger partial charge in [-0.2, -0.15) is 0 Å². The van der Waals surface area contributed by atoms with Crippen LogP contribution in [0.25, 0.3) is 0 Å². The Hall–Kier alpha value is -2.08. The number of hydrogen-bond acceptors (Lipinski definition) is 4. The molecular formula is C21H34N4O2. The molecule has 2 rings (SSSR count). The number of unbranched alkanes of at least 4 members (excludes halogenated alkanes) is 2. The molecule has 1 heterocycles. The van der Waals surface area contributed by atoms with Crippen LogP contribution in [-0.2, 0) is 9.59 Å². The zero-order valence-corrected chi connectivity index (χ0v) is 17.0. The summed E-state index contributed by atoms with van der Waals surface area (Å²) in [5, 5.41) is 2.93. The number of likely N-dealkylation sites (N-methyl/N-ethyl adjacent to an activating group) is 1. The van der Waals surface area contributed by atoms with E-state index in [0.29, 0.717) is 19.5 Å². The maximum absolute atomic E-state index is 12.1. The van der Waals surface area contributed by atoms with Crippen molar-refractivity contribution < 1.29 is 9.59 Å². The molecule has 2 amide bonds. The molecule has 27 heavy (non-hydrogen) atoms. The van der Waals surface area contributed by atoms with Gasteiger partial charge in [0.1, 0.15) is 0 Å². The number of piperazine rings is 1. The Morgan fingerprint density at radius 3 is 2.33 bits per heavy atom. The molecular weight excluding hydrogens is 340 g/mol. The van der Waals surface area contributed by atoms with Crippen molar-refractivity contribution in [3.63, 3.8) is 0 Å². The van der Waals surface area contributed by atoms with Gasteiger partial charge >= 0.3 is 0 Å². The van der Waals surface area contributed by atoms with Crippen molar-refractivity contribution >= 4 is 23.2 Å². The summed E-state index contributed by atoms with van der Waals surface area (Å²) < 4.78 is 0. The summed E-state index contributed by atoms with van der Waals surface area (Å²) in [5.74, 6) is -0.0347. The minimum atomic E-state index is -0.0406. The Morgan fingerprint density at radius 1 is 1.07 bits per heavy atom. The molecule has 6 heteroatoms. The van der Waals surface area contributed by atoms with E-state index in [1.54, 1.807) is 11.8 Å². The highest BCUT2D eigenvalue weighted by atomic mass is 16.2. The van der Waals surface area contributed by atoms with Gasteiger partial charge in [-0.15, -0.1) is 0 Å². The first-order valence-electron chi connectivity index (χ1n) is 10.1. The molecule has 1 aliphatic rings. The first-order chi connectivity index (χ1) is 13.0. The fourth-order valence-corrected chi connectivity index (χ4v) is 3.28. The van der Waals surface area contributed by atoms with E-state index in [0.717, 1.165) is 51.1 Å². The molecule has 150 valence electrons. The van der Waals surface area contributed by atoms with E-state index >= 15 is 0 Å². The average Bonchev–Trinajstić information content (AvgIpc) is 2.66. The molecule has 0 unspecified atom stereocenters. The normalized spacial score (nSPS) is 14.9. The molecule has 0 saturated carbocycles. The topological polar surface area (TPSA) is 55.9 Å². The molecule has 0 spiro atoms. The van der Waals surface area contributed by atoms with E-state index in [9.17, 15) is 9.59 Å². The van der Waals surface area contributed by atoms with Crippen molar-refractivity contribution in [3.8, 4) is 0 Å². The van der Waals surface area contributed by atoms with E-state index in [2.05, 4.69) is 41.2 Å². The van der Waals surface area contributed by atoms with Gasteiger partial charge in [-0.3, -0.25) is 9.59 Å². The molecule has 1 fully saturated rings. The largest absolute Gasteiger partial charge is 0.369 e. The summed E-state index contributed by atoms with van der Waals surface area (Å²) in [6, 6.07) is 8.10. The van der Waals surface area contributed by atoms with Crippen LogP contribution in [0.2, 0.25) is 0 Å². The lowest BCUT2D eigenvalue weighted by molar-refractivity contribution is -0.121. The Kier molecular flexibility index (Phi) is 8.58. The molecule has 1 saturated heterocycles. The van der Waals surface area contributed by atoms with Crippen molar-refractivity contribution in [1.29, 1.82) is 0 Å². The predicted octanol–water partition coefficient (Wildman–Crippen LogP) is 2.49. The van der Waals surface area contributed by atoms with Crippen LogP contribution in [0.5, 0.6) is 0 Å². The maximum Gasteiger partial charge on any atom is 0.223 e. The first kappa shape index (κ1) is 21.2. The fourth-order valence-electron chi connectivity index (χ4n) is 3.28. The second-order valence-electron chi connectivity index (χ2n) is 7.28. The summed E-state index contributed by atoms with van der Waals surface area (Å²) in [5.41, 5.74) is 2.03. The van der Waals surface area contributed by atoms with Crippen molar-refractivity contribution in [1.82, 2.24) is 10.2 Å². The zero-order chi connectivity index (χ0) is 19.6. The van der Waals surface area contributed by atoms with Gasteiger partial charge in [-0.25, -0.2) is 0 Å². The Morgan fingerprint density at radius 2 is 1.74 bits per heavy atom. The highest BCUT2D eigenvalue weighted by molar-refractivity contribution is 5.92. The van der Waals surface area contributed by atoms with Gasteiger partial charge in [0.15, 0.2) is 0 Å². The standard InChI is InChI=1S/C21H34N4O2/c1-4-5-6-12-22-21(27)11-13-25(18(2)26)20-9-7-19(8-10-20)24-16-14-23(3)15-17-24/h7-10H,4-6,11-17H2,1-3H3,(H,22,27). The fraction of sp³-hybridized carbons (Fsp3) is 0.619. The van der Waals surface area contributed by atoms with Gasteiger partial charge in [0.05, 0.1) is 0 Å². The number of benzene rings is 1. The molecule has 0 atom stereocenters. The Bertz CT molecular complexity index is 595. The second kappa shape index (κ2) is 10.9. The number of amides is 2. The number of carbonyl (C=O) groups excluding carboxylic acids is 2. The van der Waals surface area contributed by atoms with Crippen LogP contribution in [0.3, 0.4) is 0 Å². The van der Waals surface area contributed by atoms with Crippen LogP contribution in [-0.4, -0.2) is 63.0 Å². The van der Waals surface area contributed by atoms with Gasteiger partial charge in [0.2, 0.25) is 11.8 Å². The third-order valence-electron chi connectivity index (χ3n) is 5.07. The van der Waals surface area contributed by atoms with Crippen LogP contribution >= 0.6 is 0 Å². The van der Waals surface area contributed by atoms with Gasteiger partial charge in [0.25, 0.3) is 0 Å². The van der Waals surface area contributed by atoms with Crippen LogP contribution in [0.1, 0.15) is 39.5 Å². The lowest BCUT2D eigenvalue weighted by atomic mass is 10.2. The Labute approximate surface area is 163 Å². The van der Waals surface area contributed by atoms with Crippen LogP contribution in [0.4, 0.5) is 11.4 Å². The number of anilines is 2. The molecule has 1 aromatic carbocycles. The molecule has 1 N–H and O–H groups in total. The van der Waals surface area contributed by atoms with Crippen LogP contribution in [0, 0.1) is 0 Å². The minimum absolute atomic E-state index is 0.00593. The van der Waals surface area contributed by atoms with E-state index < -0.39 is 0 Å². The van der Waals surface area contributed by atoms with Gasteiger partial charge in [-0.05, 0) is 37.7 Å². The maximum atomic E-state index is 12.1. The van der Waals surface area contributed by atoms with Gasteiger partial charge < -0.3 is 20.0 Å². The molecule has 0 aliphatic carbocycles. The highest BCUT2D eigenvalue weighted by Gasteiger charge is 2.16.